The highest BCUT2D eigenvalue weighted by atomic mass is 19.4. The number of carbonyl (C=O) groups is 1. The van der Waals surface area contributed by atoms with Crippen molar-refractivity contribution >= 4 is 23.9 Å². The van der Waals surface area contributed by atoms with E-state index in [1.165, 1.54) is 6.07 Å². The summed E-state index contributed by atoms with van der Waals surface area (Å²) in [6.07, 6.45) is -2.67. The van der Waals surface area contributed by atoms with Crippen molar-refractivity contribution < 1.29 is 27.1 Å². The number of ether oxygens (including phenoxy) is 1. The fourth-order valence-corrected chi connectivity index (χ4v) is 1.91. The van der Waals surface area contributed by atoms with Crippen molar-refractivity contribution in [3.8, 4) is 0 Å². The Balaban J connectivity index is 2.44. The zero-order chi connectivity index (χ0) is 17.9. The maximum Gasteiger partial charge on any atom is 0.419 e. The summed E-state index contributed by atoms with van der Waals surface area (Å²) in [6.45, 7) is 0. The molecule has 0 atom stereocenters. The second kappa shape index (κ2) is 6.65. The van der Waals surface area contributed by atoms with E-state index >= 15 is 0 Å². The summed E-state index contributed by atoms with van der Waals surface area (Å²) < 4.78 is 56.7. The van der Waals surface area contributed by atoms with E-state index in [0.29, 0.717) is 0 Å². The van der Waals surface area contributed by atoms with Crippen LogP contribution in [0.15, 0.2) is 24.3 Å². The summed E-state index contributed by atoms with van der Waals surface area (Å²) in [5.74, 6) is -2.64. The number of nitrogen functional groups attached to an aromatic ring is 1. The van der Waals surface area contributed by atoms with Crippen LogP contribution in [0.25, 0.3) is 12.2 Å². The number of nitrogens with zero attached hydrogens (tertiary/aromatic N) is 2. The molecule has 5 nitrogen and oxygen atoms in total. The molecule has 2 N–H and O–H groups in total. The summed E-state index contributed by atoms with van der Waals surface area (Å²) >= 11 is 0. The van der Waals surface area contributed by atoms with Gasteiger partial charge in [-0.1, -0.05) is 18.2 Å². The number of aromatic nitrogens is 2. The number of alkyl halides is 3. The van der Waals surface area contributed by atoms with Crippen LogP contribution in [-0.2, 0) is 10.9 Å². The number of carbonyl (C=O) groups excluding carboxylic acids is 1. The SMILES string of the molecule is COC(=O)c1nc(N)cc(C=Cc2cccc(F)c2C(F)(F)F)n1. The van der Waals surface area contributed by atoms with Gasteiger partial charge in [0.05, 0.1) is 18.4 Å². The van der Waals surface area contributed by atoms with Gasteiger partial charge >= 0.3 is 12.1 Å². The number of nitrogens with two attached hydrogens (primary N) is 1. The molecule has 0 fully saturated rings. The molecule has 0 spiro atoms. The van der Waals surface area contributed by atoms with Crippen molar-refractivity contribution in [3.05, 3.63) is 52.7 Å². The van der Waals surface area contributed by atoms with Crippen molar-refractivity contribution in [2.24, 2.45) is 0 Å². The summed E-state index contributed by atoms with van der Waals surface area (Å²) in [4.78, 5) is 18.9. The molecule has 0 aliphatic carbocycles. The molecule has 0 amide bonds. The van der Waals surface area contributed by atoms with E-state index in [-0.39, 0.29) is 22.9 Å². The van der Waals surface area contributed by atoms with Gasteiger partial charge in [-0.15, -0.1) is 0 Å². The van der Waals surface area contributed by atoms with Gasteiger partial charge in [0, 0.05) is 6.07 Å². The number of anilines is 1. The number of benzene rings is 1. The van der Waals surface area contributed by atoms with E-state index in [0.717, 1.165) is 37.5 Å². The van der Waals surface area contributed by atoms with E-state index in [2.05, 4.69) is 14.7 Å². The molecule has 9 heteroatoms. The van der Waals surface area contributed by atoms with Crippen molar-refractivity contribution in [1.82, 2.24) is 9.97 Å². The van der Waals surface area contributed by atoms with Crippen LogP contribution >= 0.6 is 0 Å². The first-order chi connectivity index (χ1) is 11.2. The largest absolute Gasteiger partial charge is 0.463 e. The fraction of sp³-hybridized carbons (Fsp3) is 0.133. The second-order valence-corrected chi connectivity index (χ2v) is 4.57. The van der Waals surface area contributed by atoms with E-state index in [9.17, 15) is 22.4 Å². The van der Waals surface area contributed by atoms with Crippen LogP contribution in [0.4, 0.5) is 23.4 Å². The number of rotatable bonds is 3. The van der Waals surface area contributed by atoms with Crippen molar-refractivity contribution in [2.45, 2.75) is 6.18 Å². The fourth-order valence-electron chi connectivity index (χ4n) is 1.91. The smallest absolute Gasteiger partial charge is 0.419 e. The lowest BCUT2D eigenvalue weighted by Crippen LogP contribution is -2.11. The number of hydrogen-bond acceptors (Lipinski definition) is 5. The quantitative estimate of drug-likeness (QED) is 0.685. The van der Waals surface area contributed by atoms with Gasteiger partial charge in [0.15, 0.2) is 0 Å². The summed E-state index contributed by atoms with van der Waals surface area (Å²) in [6, 6.07) is 4.22. The van der Waals surface area contributed by atoms with Crippen molar-refractivity contribution in [3.63, 3.8) is 0 Å². The molecule has 24 heavy (non-hydrogen) atoms. The Morgan fingerprint density at radius 3 is 2.58 bits per heavy atom. The molecule has 0 aliphatic rings. The third-order valence-corrected chi connectivity index (χ3v) is 2.90. The molecule has 0 aliphatic heterocycles. The van der Waals surface area contributed by atoms with Gasteiger partial charge in [0.1, 0.15) is 11.6 Å². The monoisotopic (exact) mass is 341 g/mol. The van der Waals surface area contributed by atoms with Crippen LogP contribution in [-0.4, -0.2) is 23.0 Å². The summed E-state index contributed by atoms with van der Waals surface area (Å²) in [7, 11) is 1.12. The van der Waals surface area contributed by atoms with Crippen LogP contribution in [0.3, 0.4) is 0 Å². The highest BCUT2D eigenvalue weighted by molar-refractivity contribution is 5.86. The zero-order valence-electron chi connectivity index (χ0n) is 12.3. The molecule has 0 radical (unpaired) electrons. The minimum atomic E-state index is -4.85. The van der Waals surface area contributed by atoms with Crippen LogP contribution < -0.4 is 5.73 Å². The topological polar surface area (TPSA) is 78.1 Å². The Kier molecular flexibility index (Phi) is 4.82. The molecule has 0 saturated carbocycles. The molecule has 1 aromatic heterocycles. The third kappa shape index (κ3) is 3.86. The first-order valence-corrected chi connectivity index (χ1v) is 6.49. The molecule has 1 heterocycles. The number of hydrogen-bond donors (Lipinski definition) is 1. The van der Waals surface area contributed by atoms with Crippen LogP contribution in [0.5, 0.6) is 0 Å². The van der Waals surface area contributed by atoms with Gasteiger partial charge in [0.2, 0.25) is 5.82 Å². The predicted molar refractivity (Wildman–Crippen MR) is 78.1 cm³/mol. The third-order valence-electron chi connectivity index (χ3n) is 2.90. The number of methoxy groups -OCH3 is 1. The Morgan fingerprint density at radius 1 is 1.25 bits per heavy atom. The molecule has 126 valence electrons. The van der Waals surface area contributed by atoms with Crippen LogP contribution in [0.2, 0.25) is 0 Å². The minimum Gasteiger partial charge on any atom is -0.463 e. The van der Waals surface area contributed by atoms with E-state index in [1.807, 2.05) is 0 Å². The average molecular weight is 341 g/mol. The Labute approximate surface area is 133 Å². The summed E-state index contributed by atoms with van der Waals surface area (Å²) in [5.41, 5.74) is 3.80. The van der Waals surface area contributed by atoms with E-state index in [1.54, 1.807) is 0 Å². The molecular formula is C15H11F4N3O2. The van der Waals surface area contributed by atoms with Crippen molar-refractivity contribution in [1.29, 1.82) is 0 Å². The molecule has 1 aromatic carbocycles. The van der Waals surface area contributed by atoms with Crippen LogP contribution in [0, 0.1) is 5.82 Å². The summed E-state index contributed by atoms with van der Waals surface area (Å²) in [5, 5.41) is 0. The second-order valence-electron chi connectivity index (χ2n) is 4.57. The van der Waals surface area contributed by atoms with E-state index in [4.69, 9.17) is 5.73 Å². The average Bonchev–Trinajstić information content (AvgIpc) is 2.50. The first kappa shape index (κ1) is 17.4. The van der Waals surface area contributed by atoms with Gasteiger partial charge in [-0.2, -0.15) is 13.2 Å². The maximum absolute atomic E-state index is 13.5. The molecule has 0 bridgehead atoms. The lowest BCUT2D eigenvalue weighted by Gasteiger charge is -2.11. The predicted octanol–water partition coefficient (Wildman–Crippen LogP) is 3.17. The first-order valence-electron chi connectivity index (χ1n) is 6.49. The van der Waals surface area contributed by atoms with E-state index < -0.39 is 23.5 Å². The number of halogens is 4. The van der Waals surface area contributed by atoms with Gasteiger partial charge in [-0.25, -0.2) is 19.2 Å². The van der Waals surface area contributed by atoms with Gasteiger partial charge in [-0.05, 0) is 17.7 Å². The molecular weight excluding hydrogens is 330 g/mol. The highest BCUT2D eigenvalue weighted by Gasteiger charge is 2.36. The normalized spacial score (nSPS) is 11.7. The molecule has 0 unspecified atom stereocenters. The van der Waals surface area contributed by atoms with Gasteiger partial charge in [-0.3, -0.25) is 0 Å². The Morgan fingerprint density at radius 2 is 1.96 bits per heavy atom. The highest BCUT2D eigenvalue weighted by Crippen LogP contribution is 2.34. The van der Waals surface area contributed by atoms with Gasteiger partial charge in [0.25, 0.3) is 0 Å². The minimum absolute atomic E-state index is 0.0691. The standard InChI is InChI=1S/C15H11F4N3O2/c1-24-14(23)13-21-9(7-11(20)22-13)6-5-8-3-2-4-10(16)12(8)15(17,18)19/h2-7H,1H3,(H2,20,21,22). The lowest BCUT2D eigenvalue weighted by molar-refractivity contribution is -0.140. The lowest BCUT2D eigenvalue weighted by atomic mass is 10.1. The zero-order valence-corrected chi connectivity index (χ0v) is 12.3. The Hall–Kier alpha value is -2.97. The van der Waals surface area contributed by atoms with Crippen LogP contribution in [0.1, 0.15) is 27.4 Å². The maximum atomic E-state index is 13.5. The molecule has 2 rings (SSSR count). The molecule has 2 aromatic rings. The van der Waals surface area contributed by atoms with Crippen molar-refractivity contribution in [2.75, 3.05) is 12.8 Å². The van der Waals surface area contributed by atoms with Gasteiger partial charge < -0.3 is 10.5 Å². The Bertz CT molecular complexity index is 804. The number of esters is 1. The molecule has 0 saturated heterocycles.